The number of hydrogen-bond acceptors (Lipinski definition) is 6. The number of ether oxygens (including phenoxy) is 1. The monoisotopic (exact) mass is 607 g/mol. The summed E-state index contributed by atoms with van der Waals surface area (Å²) in [5.41, 5.74) is 1.77. The quantitative estimate of drug-likeness (QED) is 0.344. The normalized spacial score (nSPS) is 40.4. The minimum Gasteiger partial charge on any atom is -0.444 e. The maximum atomic E-state index is 14.8. The van der Waals surface area contributed by atoms with Gasteiger partial charge in [0.15, 0.2) is 5.78 Å². The van der Waals surface area contributed by atoms with E-state index in [1.54, 1.807) is 0 Å². The van der Waals surface area contributed by atoms with Crippen molar-refractivity contribution in [2.75, 3.05) is 13.1 Å². The predicted molar refractivity (Wildman–Crippen MR) is 172 cm³/mol. The van der Waals surface area contributed by atoms with Crippen LogP contribution in [-0.4, -0.2) is 41.3 Å². The zero-order valence-corrected chi connectivity index (χ0v) is 29.0. The molecule has 7 heteroatoms. The Morgan fingerprint density at radius 1 is 1.02 bits per heavy atom. The molecule has 5 aliphatic rings. The van der Waals surface area contributed by atoms with Crippen molar-refractivity contribution in [3.05, 3.63) is 29.2 Å². The van der Waals surface area contributed by atoms with Crippen LogP contribution in [0.2, 0.25) is 0 Å². The molecule has 1 aromatic heterocycles. The van der Waals surface area contributed by atoms with Crippen LogP contribution < -0.4 is 10.6 Å². The zero-order valence-electron chi connectivity index (χ0n) is 29.0. The first-order chi connectivity index (χ1) is 20.3. The van der Waals surface area contributed by atoms with Crippen LogP contribution in [0.1, 0.15) is 126 Å². The third-order valence-electron chi connectivity index (χ3n) is 13.6. The number of rotatable bonds is 4. The molecule has 0 bridgehead atoms. The van der Waals surface area contributed by atoms with Gasteiger partial charge in [0.05, 0.1) is 6.20 Å². The van der Waals surface area contributed by atoms with E-state index in [4.69, 9.17) is 9.26 Å². The van der Waals surface area contributed by atoms with Crippen molar-refractivity contribution in [2.45, 2.75) is 137 Å². The number of hydrogen-bond donors (Lipinski definition) is 2. The summed E-state index contributed by atoms with van der Waals surface area (Å²) >= 11 is 0. The van der Waals surface area contributed by atoms with E-state index in [1.165, 1.54) is 11.1 Å². The molecule has 44 heavy (non-hydrogen) atoms. The smallest absolute Gasteiger partial charge is 0.407 e. The van der Waals surface area contributed by atoms with Gasteiger partial charge in [0.25, 0.3) is 0 Å². The van der Waals surface area contributed by atoms with Gasteiger partial charge >= 0.3 is 6.09 Å². The summed E-state index contributed by atoms with van der Waals surface area (Å²) in [6.07, 6.45) is 12.1. The fourth-order valence-corrected chi connectivity index (χ4v) is 11.4. The molecule has 1 aromatic rings. The number of aromatic nitrogens is 1. The summed E-state index contributed by atoms with van der Waals surface area (Å²) in [6, 6.07) is 0. The lowest BCUT2D eigenvalue weighted by Gasteiger charge is -2.69. The van der Waals surface area contributed by atoms with Gasteiger partial charge in [-0.15, -0.1) is 0 Å². The molecule has 0 radical (unpaired) electrons. The first-order valence-corrected chi connectivity index (χ1v) is 17.2. The molecule has 3 fully saturated rings. The van der Waals surface area contributed by atoms with Gasteiger partial charge in [-0.25, -0.2) is 4.79 Å². The number of allylic oxidation sites excluding steroid dienone is 2. The summed E-state index contributed by atoms with van der Waals surface area (Å²) in [6.45, 7) is 23.6. The fraction of sp³-hybridized carbons (Fsp3) is 0.811. The molecule has 0 saturated heterocycles. The summed E-state index contributed by atoms with van der Waals surface area (Å²) in [4.78, 5) is 27.1. The molecule has 1 amide bonds. The van der Waals surface area contributed by atoms with Gasteiger partial charge in [-0.3, -0.25) is 4.79 Å². The van der Waals surface area contributed by atoms with Gasteiger partial charge < -0.3 is 19.9 Å². The highest BCUT2D eigenvalue weighted by molar-refractivity contribution is 5.95. The SMILES string of the molecule is CC1(C)CC[C@]2(NCCNC(=O)OC(C)(C)C)CC[C@]3(C)[C@H](C(=O)C=C4[C@@]5(C)Cc6cnoc6C(C)(C)[C@@H]5CC[C@]43C)[C@@H]2C1. The van der Waals surface area contributed by atoms with Gasteiger partial charge in [0, 0.05) is 35.5 Å². The molecule has 2 N–H and O–H groups in total. The van der Waals surface area contributed by atoms with E-state index in [-0.39, 0.29) is 50.5 Å². The molecule has 6 rings (SSSR count). The Kier molecular flexibility index (Phi) is 7.18. The van der Waals surface area contributed by atoms with Gasteiger partial charge in [-0.2, -0.15) is 0 Å². The first-order valence-electron chi connectivity index (χ1n) is 17.2. The topological polar surface area (TPSA) is 93.5 Å². The minimum absolute atomic E-state index is 0.0150. The Labute approximate surface area is 265 Å². The van der Waals surface area contributed by atoms with E-state index in [0.29, 0.717) is 24.8 Å². The van der Waals surface area contributed by atoms with Gasteiger partial charge in [0.1, 0.15) is 11.4 Å². The number of ketones is 1. The summed E-state index contributed by atoms with van der Waals surface area (Å²) in [5.74, 6) is 2.02. The standard InChI is InChI=1S/C37H57N3O4/c1-31(2,3)43-30(42)38-17-18-39-37-15-13-32(4,5)21-24(37)28-25(41)19-27-34(8)20-23-22-40-44-29(23)33(6,7)26(34)11-12-35(27,9)36(28,10)14-16-37/h19,22,24,26,28,39H,11-18,20-21H2,1-10H3,(H,38,42)/t24-,26-,28-,34-,35+,36+,37-/m0/s1. The molecule has 0 unspecified atom stereocenters. The molecular formula is C37H57N3O4. The van der Waals surface area contributed by atoms with Crippen LogP contribution in [0, 0.1) is 39.4 Å². The van der Waals surface area contributed by atoms with Crippen molar-refractivity contribution in [1.82, 2.24) is 15.8 Å². The van der Waals surface area contributed by atoms with E-state index in [1.807, 2.05) is 27.0 Å². The second-order valence-electron chi connectivity index (χ2n) is 18.3. The highest BCUT2D eigenvalue weighted by Gasteiger charge is 2.69. The minimum atomic E-state index is -0.519. The van der Waals surface area contributed by atoms with Crippen LogP contribution in [0.25, 0.3) is 0 Å². The highest BCUT2D eigenvalue weighted by atomic mass is 16.6. The lowest BCUT2D eigenvalue weighted by atomic mass is 9.34. The molecule has 7 nitrogen and oxygen atoms in total. The summed E-state index contributed by atoms with van der Waals surface area (Å²) in [7, 11) is 0. The van der Waals surface area contributed by atoms with Gasteiger partial charge in [-0.1, -0.05) is 59.2 Å². The van der Waals surface area contributed by atoms with Crippen molar-refractivity contribution in [3.8, 4) is 0 Å². The number of alkyl carbamates (subject to hydrolysis) is 1. The van der Waals surface area contributed by atoms with Crippen LogP contribution in [0.15, 0.2) is 22.4 Å². The van der Waals surface area contributed by atoms with Crippen molar-refractivity contribution in [2.24, 2.45) is 39.4 Å². The van der Waals surface area contributed by atoms with Crippen molar-refractivity contribution < 1.29 is 18.8 Å². The fourth-order valence-electron chi connectivity index (χ4n) is 11.4. The van der Waals surface area contributed by atoms with E-state index in [2.05, 4.69) is 70.3 Å². The summed E-state index contributed by atoms with van der Waals surface area (Å²) in [5, 5.41) is 11.1. The van der Waals surface area contributed by atoms with Crippen LogP contribution in [0.4, 0.5) is 4.79 Å². The molecule has 0 aliphatic heterocycles. The van der Waals surface area contributed by atoms with Crippen LogP contribution in [-0.2, 0) is 21.4 Å². The molecule has 1 heterocycles. The Bertz CT molecular complexity index is 1370. The molecule has 7 atom stereocenters. The predicted octanol–water partition coefficient (Wildman–Crippen LogP) is 7.54. The van der Waals surface area contributed by atoms with E-state index >= 15 is 0 Å². The summed E-state index contributed by atoms with van der Waals surface area (Å²) < 4.78 is 11.3. The van der Waals surface area contributed by atoms with Crippen molar-refractivity contribution >= 4 is 11.9 Å². The maximum absolute atomic E-state index is 14.8. The van der Waals surface area contributed by atoms with Crippen LogP contribution in [0.5, 0.6) is 0 Å². The maximum Gasteiger partial charge on any atom is 0.407 e. The zero-order chi connectivity index (χ0) is 32.1. The third kappa shape index (κ3) is 4.64. The molecule has 3 saturated carbocycles. The number of nitrogens with one attached hydrogen (secondary N) is 2. The van der Waals surface area contributed by atoms with Gasteiger partial charge in [0.2, 0.25) is 0 Å². The Morgan fingerprint density at radius 3 is 2.43 bits per heavy atom. The molecular weight excluding hydrogens is 550 g/mol. The number of fused-ring (bicyclic) bond motifs is 8. The average Bonchev–Trinajstić information content (AvgIpc) is 3.36. The lowest BCUT2D eigenvalue weighted by molar-refractivity contribution is -0.161. The van der Waals surface area contributed by atoms with Gasteiger partial charge in [-0.05, 0) is 112 Å². The number of carbonyl (C=O) groups excluding carboxylic acids is 2. The number of nitrogens with zero attached hydrogens (tertiary/aromatic N) is 1. The van der Waals surface area contributed by atoms with E-state index in [0.717, 1.165) is 57.1 Å². The second-order valence-corrected chi connectivity index (χ2v) is 18.3. The highest BCUT2D eigenvalue weighted by Crippen LogP contribution is 2.73. The first kappa shape index (κ1) is 31.8. The Hall–Kier alpha value is -2.15. The third-order valence-corrected chi connectivity index (χ3v) is 13.6. The number of amides is 1. The number of carbonyl (C=O) groups is 2. The average molecular weight is 608 g/mol. The van der Waals surface area contributed by atoms with Crippen LogP contribution >= 0.6 is 0 Å². The molecule has 0 aromatic carbocycles. The molecule has 244 valence electrons. The Balaban J connectivity index is 1.32. The van der Waals surface area contributed by atoms with E-state index < -0.39 is 5.60 Å². The molecule has 0 spiro atoms. The second kappa shape index (κ2) is 9.92. The lowest BCUT2D eigenvalue weighted by Crippen LogP contribution is -2.69. The van der Waals surface area contributed by atoms with Crippen molar-refractivity contribution in [3.63, 3.8) is 0 Å². The largest absolute Gasteiger partial charge is 0.444 e. The van der Waals surface area contributed by atoms with E-state index in [9.17, 15) is 9.59 Å². The Morgan fingerprint density at radius 2 is 1.73 bits per heavy atom. The van der Waals surface area contributed by atoms with Crippen molar-refractivity contribution in [1.29, 1.82) is 0 Å². The van der Waals surface area contributed by atoms with Crippen LogP contribution in [0.3, 0.4) is 0 Å². The molecule has 5 aliphatic carbocycles.